The molecule has 0 saturated carbocycles. The molecule has 0 amide bonds. The summed E-state index contributed by atoms with van der Waals surface area (Å²) in [5, 5.41) is 28.0. The van der Waals surface area contributed by atoms with Crippen LogP contribution in [0.1, 0.15) is 48.4 Å². The Morgan fingerprint density at radius 1 is 1.50 bits per heavy atom. The van der Waals surface area contributed by atoms with Gasteiger partial charge in [-0.3, -0.25) is 4.79 Å². The van der Waals surface area contributed by atoms with Gasteiger partial charge in [-0.15, -0.1) is 0 Å². The number of carboxylic acid groups (broad SMARTS) is 1. The Kier molecular flexibility index (Phi) is 5.50. The molecule has 7 heteroatoms. The lowest BCUT2D eigenvalue weighted by molar-refractivity contribution is -0.139. The molecule has 0 fully saturated rings. The fraction of sp³-hybridized carbons (Fsp3) is 0.533. The number of carboxylic acids is 1. The predicted octanol–water partition coefficient (Wildman–Crippen LogP) is 1.95. The first-order valence-corrected chi connectivity index (χ1v) is 7.85. The van der Waals surface area contributed by atoms with Crippen LogP contribution in [0.5, 0.6) is 0 Å². The van der Waals surface area contributed by atoms with E-state index in [0.717, 1.165) is 16.7 Å². The van der Waals surface area contributed by atoms with E-state index in [4.69, 9.17) is 27.4 Å². The van der Waals surface area contributed by atoms with Crippen LogP contribution in [-0.2, 0) is 11.2 Å². The molecular formula is C15H21BClNO4. The van der Waals surface area contributed by atoms with Crippen molar-refractivity contribution in [3.05, 3.63) is 33.8 Å². The van der Waals surface area contributed by atoms with Gasteiger partial charge in [0.15, 0.2) is 0 Å². The van der Waals surface area contributed by atoms with Crippen molar-refractivity contribution < 1.29 is 19.9 Å². The number of fused-ring (bicyclic) bond motifs is 1. The summed E-state index contributed by atoms with van der Waals surface area (Å²) in [5.41, 5.74) is 8.40. The Bertz CT molecular complexity index is 565. The third-order valence-corrected chi connectivity index (χ3v) is 4.67. The molecule has 0 heterocycles. The van der Waals surface area contributed by atoms with E-state index in [1.165, 1.54) is 0 Å². The van der Waals surface area contributed by atoms with E-state index in [9.17, 15) is 9.90 Å². The van der Waals surface area contributed by atoms with Crippen molar-refractivity contribution in [2.45, 2.75) is 44.5 Å². The van der Waals surface area contributed by atoms with E-state index >= 15 is 0 Å². The SMILES string of the molecule is C[C@@H](N)c1cc2c(cc1Cl)C[C@H](CCCB(O)O)[C@@H]2C(=O)O. The zero-order valence-electron chi connectivity index (χ0n) is 12.5. The Balaban J connectivity index is 2.25. The minimum atomic E-state index is -1.34. The van der Waals surface area contributed by atoms with Crippen molar-refractivity contribution in [2.24, 2.45) is 11.7 Å². The van der Waals surface area contributed by atoms with Gasteiger partial charge < -0.3 is 20.9 Å². The summed E-state index contributed by atoms with van der Waals surface area (Å²) >= 11 is 6.23. The molecule has 22 heavy (non-hydrogen) atoms. The lowest BCUT2D eigenvalue weighted by Gasteiger charge is -2.17. The number of halogens is 1. The lowest BCUT2D eigenvalue weighted by Crippen LogP contribution is -2.19. The average Bonchev–Trinajstić information content (AvgIpc) is 2.74. The van der Waals surface area contributed by atoms with Gasteiger partial charge >= 0.3 is 13.1 Å². The molecule has 1 aliphatic carbocycles. The molecule has 0 spiro atoms. The maximum Gasteiger partial charge on any atom is 0.451 e. The molecule has 1 aromatic carbocycles. The highest BCUT2D eigenvalue weighted by Crippen LogP contribution is 2.43. The highest BCUT2D eigenvalue weighted by Gasteiger charge is 2.38. The zero-order valence-corrected chi connectivity index (χ0v) is 13.3. The summed E-state index contributed by atoms with van der Waals surface area (Å²) < 4.78 is 0. The predicted molar refractivity (Wildman–Crippen MR) is 85.9 cm³/mol. The Labute approximate surface area is 135 Å². The van der Waals surface area contributed by atoms with Gasteiger partial charge in [-0.2, -0.15) is 0 Å². The van der Waals surface area contributed by atoms with Crippen molar-refractivity contribution in [1.29, 1.82) is 0 Å². The lowest BCUT2D eigenvalue weighted by atomic mass is 9.80. The second-order valence-corrected chi connectivity index (χ2v) is 6.46. The van der Waals surface area contributed by atoms with Crippen molar-refractivity contribution in [3.63, 3.8) is 0 Å². The minimum Gasteiger partial charge on any atom is -0.481 e. The molecule has 5 N–H and O–H groups in total. The van der Waals surface area contributed by atoms with E-state index in [0.29, 0.717) is 24.3 Å². The topological polar surface area (TPSA) is 104 Å². The molecule has 1 aliphatic rings. The molecule has 3 atom stereocenters. The van der Waals surface area contributed by atoms with Crippen LogP contribution in [0.25, 0.3) is 0 Å². The van der Waals surface area contributed by atoms with Gasteiger partial charge in [0.1, 0.15) is 0 Å². The fourth-order valence-corrected chi connectivity index (χ4v) is 3.64. The van der Waals surface area contributed by atoms with Gasteiger partial charge in [-0.25, -0.2) is 0 Å². The number of rotatable bonds is 6. The largest absolute Gasteiger partial charge is 0.481 e. The maximum atomic E-state index is 11.7. The molecule has 120 valence electrons. The van der Waals surface area contributed by atoms with Gasteiger partial charge in [-0.05, 0) is 54.8 Å². The Hall–Kier alpha value is -1.08. The third kappa shape index (κ3) is 3.63. The van der Waals surface area contributed by atoms with Crippen LogP contribution in [-0.4, -0.2) is 28.2 Å². The summed E-state index contributed by atoms with van der Waals surface area (Å²) in [6.45, 7) is 1.82. The van der Waals surface area contributed by atoms with Gasteiger partial charge in [0.25, 0.3) is 0 Å². The summed E-state index contributed by atoms with van der Waals surface area (Å²) in [7, 11) is -1.34. The van der Waals surface area contributed by atoms with Gasteiger partial charge in [0.2, 0.25) is 0 Å². The smallest absolute Gasteiger partial charge is 0.451 e. The van der Waals surface area contributed by atoms with Gasteiger partial charge in [-0.1, -0.05) is 24.1 Å². The van der Waals surface area contributed by atoms with E-state index in [2.05, 4.69) is 0 Å². The van der Waals surface area contributed by atoms with Crippen LogP contribution in [0.4, 0.5) is 0 Å². The normalized spacial score (nSPS) is 21.5. The minimum absolute atomic E-state index is 0.0503. The van der Waals surface area contributed by atoms with E-state index in [-0.39, 0.29) is 18.3 Å². The standard InChI is InChI=1S/C15H21BClNO4/c1-8(18)11-7-12-10(6-13(11)17)5-9(14(12)15(19)20)3-2-4-16(21)22/h6-9,14,21-22H,2-5,18H2,1H3,(H,19,20)/t8-,9+,14+/m1/s1. The van der Waals surface area contributed by atoms with Crippen molar-refractivity contribution >= 4 is 24.7 Å². The number of aliphatic carboxylic acids is 1. The van der Waals surface area contributed by atoms with Crippen LogP contribution in [0.2, 0.25) is 11.3 Å². The molecule has 0 unspecified atom stereocenters. The summed E-state index contributed by atoms with van der Waals surface area (Å²) in [6, 6.07) is 3.39. The number of nitrogens with two attached hydrogens (primary N) is 1. The quantitative estimate of drug-likeness (QED) is 0.599. The van der Waals surface area contributed by atoms with Gasteiger partial charge in [0, 0.05) is 11.1 Å². The van der Waals surface area contributed by atoms with Crippen molar-refractivity contribution in [1.82, 2.24) is 0 Å². The van der Waals surface area contributed by atoms with E-state index in [1.807, 2.05) is 19.1 Å². The molecule has 0 bridgehead atoms. The Morgan fingerprint density at radius 3 is 2.73 bits per heavy atom. The highest BCUT2D eigenvalue weighted by atomic mass is 35.5. The number of hydrogen-bond acceptors (Lipinski definition) is 4. The van der Waals surface area contributed by atoms with Crippen molar-refractivity contribution in [3.8, 4) is 0 Å². The molecule has 0 radical (unpaired) electrons. The number of carbonyl (C=O) groups is 1. The Morgan fingerprint density at radius 2 is 2.18 bits per heavy atom. The monoisotopic (exact) mass is 325 g/mol. The van der Waals surface area contributed by atoms with Crippen LogP contribution in [0.3, 0.4) is 0 Å². The fourth-order valence-electron chi connectivity index (χ4n) is 3.28. The molecule has 1 aromatic rings. The third-order valence-electron chi connectivity index (χ3n) is 4.34. The van der Waals surface area contributed by atoms with Crippen LogP contribution < -0.4 is 5.73 Å². The second-order valence-electron chi connectivity index (χ2n) is 6.05. The van der Waals surface area contributed by atoms with Crippen LogP contribution in [0, 0.1) is 5.92 Å². The summed E-state index contributed by atoms with van der Waals surface area (Å²) in [4.78, 5) is 11.7. The first kappa shape index (κ1) is 17.3. The second kappa shape index (κ2) is 7.00. The molecule has 5 nitrogen and oxygen atoms in total. The molecule has 0 aliphatic heterocycles. The van der Waals surface area contributed by atoms with E-state index < -0.39 is 19.0 Å². The number of benzene rings is 1. The molecule has 0 saturated heterocycles. The summed E-state index contributed by atoms with van der Waals surface area (Å²) in [6.07, 6.45) is 2.11. The first-order chi connectivity index (χ1) is 10.3. The highest BCUT2D eigenvalue weighted by molar-refractivity contribution is 6.40. The number of hydrogen-bond donors (Lipinski definition) is 4. The summed E-state index contributed by atoms with van der Waals surface area (Å²) in [5.74, 6) is -1.49. The maximum absolute atomic E-state index is 11.7. The molecule has 2 rings (SSSR count). The molecular weight excluding hydrogens is 304 g/mol. The zero-order chi connectivity index (χ0) is 16.4. The van der Waals surface area contributed by atoms with E-state index in [1.54, 1.807) is 0 Å². The van der Waals surface area contributed by atoms with Crippen LogP contribution in [0.15, 0.2) is 12.1 Å². The van der Waals surface area contributed by atoms with Gasteiger partial charge in [0.05, 0.1) is 5.92 Å². The first-order valence-electron chi connectivity index (χ1n) is 7.48. The molecule has 0 aromatic heterocycles. The average molecular weight is 326 g/mol. The van der Waals surface area contributed by atoms with Crippen molar-refractivity contribution in [2.75, 3.05) is 0 Å². The van der Waals surface area contributed by atoms with Crippen LogP contribution >= 0.6 is 11.6 Å².